The van der Waals surface area contributed by atoms with E-state index in [0.717, 1.165) is 12.1 Å². The highest BCUT2D eigenvalue weighted by Gasteiger charge is 2.31. The number of thiocarbonyl (C=S) groups is 1. The molecule has 1 aromatic carbocycles. The van der Waals surface area contributed by atoms with E-state index in [-0.39, 0.29) is 16.4 Å². The Bertz CT molecular complexity index is 611. The van der Waals surface area contributed by atoms with E-state index in [1.807, 2.05) is 0 Å². The molecule has 3 N–H and O–H groups in total. The van der Waals surface area contributed by atoms with Crippen molar-refractivity contribution in [1.29, 1.82) is 5.26 Å². The Labute approximate surface area is 123 Å². The number of ether oxygens (including phenoxy) is 1. The van der Waals surface area contributed by atoms with Crippen LogP contribution in [0.3, 0.4) is 0 Å². The molecular formula is C12H10F3N3O2S. The lowest BCUT2D eigenvalue weighted by Gasteiger charge is -2.14. The number of amides is 1. The standard InChI is InChI=1S/C12H10F3N3O2S/c1-20-8-3-6(12(13,14)15)2-7(4-8)18-11(21)9(5-16)10(17)19/h2-4,9H,1H3,(H2,17,19)(H,18,21). The maximum absolute atomic E-state index is 12.7. The number of nitriles is 1. The van der Waals surface area contributed by atoms with Gasteiger partial charge in [-0.1, -0.05) is 12.2 Å². The number of halogens is 3. The lowest BCUT2D eigenvalue weighted by Crippen LogP contribution is -2.32. The lowest BCUT2D eigenvalue weighted by molar-refractivity contribution is -0.137. The highest BCUT2D eigenvalue weighted by atomic mass is 32.1. The summed E-state index contributed by atoms with van der Waals surface area (Å²) in [7, 11) is 1.21. The zero-order chi connectivity index (χ0) is 16.2. The number of hydrogen-bond acceptors (Lipinski definition) is 4. The number of nitrogens with zero attached hydrogens (tertiary/aromatic N) is 1. The molecule has 0 heterocycles. The number of primary amides is 1. The molecule has 0 aliphatic carbocycles. The molecule has 112 valence electrons. The van der Waals surface area contributed by atoms with Gasteiger partial charge in [-0.3, -0.25) is 4.79 Å². The number of rotatable bonds is 4. The van der Waals surface area contributed by atoms with E-state index >= 15 is 0 Å². The van der Waals surface area contributed by atoms with Crippen LogP contribution in [-0.2, 0) is 11.0 Å². The Balaban J connectivity index is 3.12. The number of nitrogens with one attached hydrogen (secondary N) is 1. The Morgan fingerprint density at radius 1 is 1.48 bits per heavy atom. The van der Waals surface area contributed by atoms with Crippen LogP contribution in [0, 0.1) is 17.2 Å². The molecule has 0 aliphatic heterocycles. The second kappa shape index (κ2) is 6.41. The van der Waals surface area contributed by atoms with E-state index < -0.39 is 23.6 Å². The molecule has 9 heteroatoms. The van der Waals surface area contributed by atoms with Crippen molar-refractivity contribution >= 4 is 28.8 Å². The van der Waals surface area contributed by atoms with Gasteiger partial charge in [0.1, 0.15) is 10.7 Å². The summed E-state index contributed by atoms with van der Waals surface area (Å²) in [5, 5.41) is 11.1. The second-order valence-corrected chi connectivity index (χ2v) is 4.34. The van der Waals surface area contributed by atoms with Gasteiger partial charge in [-0.25, -0.2) is 0 Å². The van der Waals surface area contributed by atoms with Crippen molar-refractivity contribution in [2.45, 2.75) is 6.18 Å². The average molecular weight is 317 g/mol. The van der Waals surface area contributed by atoms with Crippen LogP contribution in [-0.4, -0.2) is 18.0 Å². The van der Waals surface area contributed by atoms with E-state index in [9.17, 15) is 18.0 Å². The van der Waals surface area contributed by atoms with Crippen molar-refractivity contribution in [2.75, 3.05) is 12.4 Å². The van der Waals surface area contributed by atoms with Gasteiger partial charge < -0.3 is 15.8 Å². The SMILES string of the molecule is COc1cc(NC(=S)C(C#N)C(N)=O)cc(C(F)(F)F)c1. The van der Waals surface area contributed by atoms with Crippen molar-refractivity contribution in [3.63, 3.8) is 0 Å². The number of nitrogens with two attached hydrogens (primary N) is 1. The van der Waals surface area contributed by atoms with Gasteiger partial charge in [0.25, 0.3) is 0 Å². The van der Waals surface area contributed by atoms with Gasteiger partial charge in [-0.15, -0.1) is 0 Å². The van der Waals surface area contributed by atoms with E-state index in [1.54, 1.807) is 6.07 Å². The number of benzene rings is 1. The van der Waals surface area contributed by atoms with Crippen LogP contribution in [0.25, 0.3) is 0 Å². The summed E-state index contributed by atoms with van der Waals surface area (Å²) < 4.78 is 43.0. The summed E-state index contributed by atoms with van der Waals surface area (Å²) in [6.07, 6.45) is -4.58. The Hall–Kier alpha value is -2.34. The number of carbonyl (C=O) groups excluding carboxylic acids is 1. The van der Waals surface area contributed by atoms with Crippen LogP contribution in [0.5, 0.6) is 5.75 Å². The van der Waals surface area contributed by atoms with Crippen molar-refractivity contribution in [3.05, 3.63) is 23.8 Å². The van der Waals surface area contributed by atoms with E-state index in [1.165, 1.54) is 13.2 Å². The normalized spacial score (nSPS) is 12.1. The third-order valence-electron chi connectivity index (χ3n) is 2.41. The predicted molar refractivity (Wildman–Crippen MR) is 72.5 cm³/mol. The van der Waals surface area contributed by atoms with Crippen molar-refractivity contribution < 1.29 is 22.7 Å². The topological polar surface area (TPSA) is 88.1 Å². The Kier molecular flexibility index (Phi) is 5.10. The van der Waals surface area contributed by atoms with Crippen LogP contribution < -0.4 is 15.8 Å². The zero-order valence-corrected chi connectivity index (χ0v) is 11.5. The first-order chi connectivity index (χ1) is 9.68. The van der Waals surface area contributed by atoms with Crippen LogP contribution in [0.2, 0.25) is 0 Å². The molecule has 0 aromatic heterocycles. The highest BCUT2D eigenvalue weighted by molar-refractivity contribution is 7.80. The smallest absolute Gasteiger partial charge is 0.416 e. The summed E-state index contributed by atoms with van der Waals surface area (Å²) in [6, 6.07) is 4.40. The Morgan fingerprint density at radius 3 is 2.52 bits per heavy atom. The van der Waals surface area contributed by atoms with Crippen LogP contribution >= 0.6 is 12.2 Å². The number of carbonyl (C=O) groups is 1. The van der Waals surface area contributed by atoms with E-state index in [0.29, 0.717) is 0 Å². The molecule has 0 aliphatic rings. The summed E-state index contributed by atoms with van der Waals surface area (Å²) >= 11 is 4.79. The largest absolute Gasteiger partial charge is 0.497 e. The molecule has 1 amide bonds. The van der Waals surface area contributed by atoms with Gasteiger partial charge in [0, 0.05) is 11.8 Å². The molecule has 0 bridgehead atoms. The maximum Gasteiger partial charge on any atom is 0.416 e. The fourth-order valence-electron chi connectivity index (χ4n) is 1.42. The minimum Gasteiger partial charge on any atom is -0.497 e. The molecule has 21 heavy (non-hydrogen) atoms. The third kappa shape index (κ3) is 4.32. The zero-order valence-electron chi connectivity index (χ0n) is 10.7. The van der Waals surface area contributed by atoms with Gasteiger partial charge in [0.15, 0.2) is 5.92 Å². The molecule has 0 saturated heterocycles. The third-order valence-corrected chi connectivity index (χ3v) is 2.75. The van der Waals surface area contributed by atoms with Crippen molar-refractivity contribution in [2.24, 2.45) is 11.7 Å². The van der Waals surface area contributed by atoms with Gasteiger partial charge in [0.2, 0.25) is 5.91 Å². The highest BCUT2D eigenvalue weighted by Crippen LogP contribution is 2.34. The first-order valence-corrected chi connectivity index (χ1v) is 5.86. The number of anilines is 1. The fourth-order valence-corrected chi connectivity index (χ4v) is 1.71. The molecule has 1 rings (SSSR count). The molecule has 1 atom stereocenters. The molecule has 0 saturated carbocycles. The molecule has 0 fully saturated rings. The molecule has 0 spiro atoms. The summed E-state index contributed by atoms with van der Waals surface area (Å²) in [5.74, 6) is -2.47. The molecule has 5 nitrogen and oxygen atoms in total. The minimum atomic E-state index is -4.58. The second-order valence-electron chi connectivity index (χ2n) is 3.90. The summed E-state index contributed by atoms with van der Waals surface area (Å²) in [5.41, 5.74) is 3.94. The van der Waals surface area contributed by atoms with Gasteiger partial charge in [0.05, 0.1) is 18.7 Å². The van der Waals surface area contributed by atoms with Crippen molar-refractivity contribution in [3.8, 4) is 11.8 Å². The van der Waals surface area contributed by atoms with E-state index in [2.05, 4.69) is 5.32 Å². The quantitative estimate of drug-likeness (QED) is 0.830. The van der Waals surface area contributed by atoms with Crippen molar-refractivity contribution in [1.82, 2.24) is 0 Å². The van der Waals surface area contributed by atoms with Crippen LogP contribution in [0.15, 0.2) is 18.2 Å². The molecule has 0 radical (unpaired) electrons. The fraction of sp³-hybridized carbons (Fsp3) is 0.250. The molecular weight excluding hydrogens is 307 g/mol. The number of alkyl halides is 3. The number of methoxy groups -OCH3 is 1. The monoisotopic (exact) mass is 317 g/mol. The minimum absolute atomic E-state index is 0.0530. The molecule has 1 aromatic rings. The number of hydrogen-bond donors (Lipinski definition) is 2. The van der Waals surface area contributed by atoms with Gasteiger partial charge in [-0.2, -0.15) is 18.4 Å². The molecule has 1 unspecified atom stereocenters. The maximum atomic E-state index is 12.7. The van der Waals surface area contributed by atoms with Crippen LogP contribution in [0.4, 0.5) is 18.9 Å². The van der Waals surface area contributed by atoms with Gasteiger partial charge in [-0.05, 0) is 12.1 Å². The van der Waals surface area contributed by atoms with Crippen LogP contribution in [0.1, 0.15) is 5.56 Å². The predicted octanol–water partition coefficient (Wildman–Crippen LogP) is 2.08. The first kappa shape index (κ1) is 16.7. The summed E-state index contributed by atoms with van der Waals surface area (Å²) in [4.78, 5) is 10.7. The summed E-state index contributed by atoms with van der Waals surface area (Å²) in [6.45, 7) is 0. The average Bonchev–Trinajstić information content (AvgIpc) is 2.37. The van der Waals surface area contributed by atoms with E-state index in [4.69, 9.17) is 28.0 Å². The van der Waals surface area contributed by atoms with Gasteiger partial charge >= 0.3 is 6.18 Å². The Morgan fingerprint density at radius 2 is 2.10 bits per heavy atom. The lowest BCUT2D eigenvalue weighted by atomic mass is 10.1. The first-order valence-electron chi connectivity index (χ1n) is 5.45.